The van der Waals surface area contributed by atoms with Crippen LogP contribution < -0.4 is 5.73 Å². The maximum Gasteiger partial charge on any atom is 0.416 e. The predicted molar refractivity (Wildman–Crippen MR) is 115 cm³/mol. The summed E-state index contributed by atoms with van der Waals surface area (Å²) in [5.74, 6) is -0.112. The van der Waals surface area contributed by atoms with E-state index in [0.717, 1.165) is 31.4 Å². The van der Waals surface area contributed by atoms with Gasteiger partial charge in [0.05, 0.1) is 16.5 Å². The van der Waals surface area contributed by atoms with Crippen molar-refractivity contribution in [2.24, 2.45) is 17.6 Å². The quantitative estimate of drug-likeness (QED) is 0.655. The molecule has 0 aromatic heterocycles. The highest BCUT2D eigenvalue weighted by Gasteiger charge is 2.49. The smallest absolute Gasteiger partial charge is 0.336 e. The number of hydrogen-bond acceptors (Lipinski definition) is 4. The Kier molecular flexibility index (Phi) is 7.26. The Hall–Kier alpha value is -1.65. The zero-order valence-corrected chi connectivity index (χ0v) is 19.5. The number of nitrogens with zero attached hydrogens (tertiary/aromatic N) is 2. The Labute approximate surface area is 188 Å². The number of halogens is 3. The maximum atomic E-state index is 13.1. The lowest BCUT2D eigenvalue weighted by atomic mass is 9.95. The third-order valence-corrected chi connectivity index (χ3v) is 8.50. The van der Waals surface area contributed by atoms with E-state index in [4.69, 9.17) is 5.73 Å². The Morgan fingerprint density at radius 1 is 1.25 bits per heavy atom. The molecule has 2 aliphatic rings. The maximum absolute atomic E-state index is 13.1. The van der Waals surface area contributed by atoms with Crippen molar-refractivity contribution in [2.45, 2.75) is 75.7 Å². The van der Waals surface area contributed by atoms with Gasteiger partial charge >= 0.3 is 6.18 Å². The molecule has 2 fully saturated rings. The molecule has 2 N–H and O–H groups in total. The molecule has 1 aromatic rings. The van der Waals surface area contributed by atoms with Crippen LogP contribution in [0.2, 0.25) is 0 Å². The molecule has 1 aliphatic heterocycles. The van der Waals surface area contributed by atoms with E-state index >= 15 is 0 Å². The lowest BCUT2D eigenvalue weighted by molar-refractivity contribution is -0.138. The number of fused-ring (bicyclic) bond motifs is 1. The first-order valence-corrected chi connectivity index (χ1v) is 12.6. The Balaban J connectivity index is 1.82. The van der Waals surface area contributed by atoms with Crippen LogP contribution in [0.1, 0.15) is 52.0 Å². The summed E-state index contributed by atoms with van der Waals surface area (Å²) in [5.41, 5.74) is 5.12. The van der Waals surface area contributed by atoms with Gasteiger partial charge < -0.3 is 10.6 Å². The van der Waals surface area contributed by atoms with Crippen molar-refractivity contribution in [3.63, 3.8) is 0 Å². The van der Waals surface area contributed by atoms with Gasteiger partial charge in [0.1, 0.15) is 0 Å². The van der Waals surface area contributed by atoms with Crippen LogP contribution in [-0.4, -0.2) is 54.7 Å². The second-order valence-corrected chi connectivity index (χ2v) is 11.1. The van der Waals surface area contributed by atoms with E-state index in [1.165, 1.54) is 10.4 Å². The number of rotatable bonds is 7. The fraction of sp³-hybridized carbons (Fsp3) is 0.682. The molecule has 0 unspecified atom stereocenters. The van der Waals surface area contributed by atoms with E-state index in [0.29, 0.717) is 12.5 Å². The Morgan fingerprint density at radius 3 is 2.53 bits per heavy atom. The highest BCUT2D eigenvalue weighted by Crippen LogP contribution is 2.43. The molecular weight excluding hydrogens is 443 g/mol. The Morgan fingerprint density at radius 2 is 1.94 bits per heavy atom. The molecule has 1 aliphatic carbocycles. The van der Waals surface area contributed by atoms with Crippen molar-refractivity contribution in [3.05, 3.63) is 29.8 Å². The standard InChI is InChI=1S/C22H32F3N3O3S/c1-4-6-19(26)21(29)28(14(2)3)20-10-9-15-12-27(13-18(15)20)32(30,31)17-8-5-7-16(11-17)22(23,24)25/h5,7-8,11,14-15,18-20H,4,6,9-10,12-13,26H2,1-3H3/t15-,18+,19-,20+/m0/s1. The van der Waals surface area contributed by atoms with Gasteiger partial charge in [0.15, 0.2) is 0 Å². The van der Waals surface area contributed by atoms with Gasteiger partial charge in [0, 0.05) is 25.2 Å². The first-order chi connectivity index (χ1) is 14.9. The van der Waals surface area contributed by atoms with Crippen molar-refractivity contribution in [3.8, 4) is 0 Å². The van der Waals surface area contributed by atoms with Gasteiger partial charge in [0.2, 0.25) is 15.9 Å². The first-order valence-electron chi connectivity index (χ1n) is 11.1. The average molecular weight is 476 g/mol. The number of carbonyl (C=O) groups is 1. The van der Waals surface area contributed by atoms with Gasteiger partial charge in [-0.15, -0.1) is 0 Å². The molecular formula is C22H32F3N3O3S. The molecule has 0 bridgehead atoms. The monoisotopic (exact) mass is 475 g/mol. The van der Waals surface area contributed by atoms with Crippen molar-refractivity contribution >= 4 is 15.9 Å². The fourth-order valence-electron chi connectivity index (χ4n) is 5.15. The number of alkyl halides is 3. The third kappa shape index (κ3) is 4.82. The molecule has 0 radical (unpaired) electrons. The van der Waals surface area contributed by atoms with Gasteiger partial charge in [-0.1, -0.05) is 19.4 Å². The number of carbonyl (C=O) groups excluding carboxylic acids is 1. The highest BCUT2D eigenvalue weighted by molar-refractivity contribution is 7.89. The van der Waals surface area contributed by atoms with E-state index in [1.54, 1.807) is 0 Å². The summed E-state index contributed by atoms with van der Waals surface area (Å²) in [6.45, 7) is 6.26. The molecule has 4 atom stereocenters. The molecule has 1 aromatic carbocycles. The minimum absolute atomic E-state index is 0.0595. The summed E-state index contributed by atoms with van der Waals surface area (Å²) >= 11 is 0. The van der Waals surface area contributed by atoms with Gasteiger partial charge in [-0.2, -0.15) is 17.5 Å². The summed E-state index contributed by atoms with van der Waals surface area (Å²) in [5, 5.41) is 0. The zero-order chi connectivity index (χ0) is 23.8. The van der Waals surface area contributed by atoms with Crippen LogP contribution in [0.3, 0.4) is 0 Å². The van der Waals surface area contributed by atoms with Crippen LogP contribution in [0.4, 0.5) is 13.2 Å². The molecule has 0 spiro atoms. The second-order valence-electron chi connectivity index (χ2n) is 9.15. The number of amides is 1. The second kappa shape index (κ2) is 9.30. The van der Waals surface area contributed by atoms with Gasteiger partial charge in [0.25, 0.3) is 0 Å². The molecule has 180 valence electrons. The Bertz CT molecular complexity index is 936. The summed E-state index contributed by atoms with van der Waals surface area (Å²) in [7, 11) is -4.07. The molecule has 1 saturated heterocycles. The summed E-state index contributed by atoms with van der Waals surface area (Å²) in [4.78, 5) is 14.5. The predicted octanol–water partition coefficient (Wildman–Crippen LogP) is 3.47. The lowest BCUT2D eigenvalue weighted by Crippen LogP contribution is -2.53. The van der Waals surface area contributed by atoms with E-state index in [9.17, 15) is 26.4 Å². The van der Waals surface area contributed by atoms with Gasteiger partial charge in [-0.3, -0.25) is 4.79 Å². The van der Waals surface area contributed by atoms with E-state index in [1.807, 2.05) is 25.7 Å². The molecule has 10 heteroatoms. The van der Waals surface area contributed by atoms with Crippen molar-refractivity contribution in [2.75, 3.05) is 13.1 Å². The lowest BCUT2D eigenvalue weighted by Gasteiger charge is -2.38. The van der Waals surface area contributed by atoms with Crippen molar-refractivity contribution in [1.82, 2.24) is 9.21 Å². The number of sulfonamides is 1. The number of hydrogen-bond donors (Lipinski definition) is 1. The highest BCUT2D eigenvalue weighted by atomic mass is 32.2. The van der Waals surface area contributed by atoms with Crippen LogP contribution >= 0.6 is 0 Å². The van der Waals surface area contributed by atoms with Crippen LogP contribution in [0.15, 0.2) is 29.2 Å². The topological polar surface area (TPSA) is 83.7 Å². The summed E-state index contributed by atoms with van der Waals surface area (Å²) < 4.78 is 66.8. The van der Waals surface area contributed by atoms with Crippen LogP contribution in [0.5, 0.6) is 0 Å². The van der Waals surface area contributed by atoms with E-state index in [-0.39, 0.29) is 47.8 Å². The number of benzene rings is 1. The van der Waals surface area contributed by atoms with Crippen LogP contribution in [0.25, 0.3) is 0 Å². The van der Waals surface area contributed by atoms with Gasteiger partial charge in [-0.25, -0.2) is 8.42 Å². The van der Waals surface area contributed by atoms with Gasteiger partial charge in [-0.05, 0) is 63.1 Å². The van der Waals surface area contributed by atoms with E-state index in [2.05, 4.69) is 0 Å². The van der Waals surface area contributed by atoms with Crippen LogP contribution in [0, 0.1) is 11.8 Å². The molecule has 3 rings (SSSR count). The molecule has 1 saturated carbocycles. The molecule has 1 heterocycles. The van der Waals surface area contributed by atoms with E-state index < -0.39 is 27.8 Å². The minimum Gasteiger partial charge on any atom is -0.336 e. The summed E-state index contributed by atoms with van der Waals surface area (Å²) in [6.07, 6.45) is -1.70. The molecule has 32 heavy (non-hydrogen) atoms. The average Bonchev–Trinajstić information content (AvgIpc) is 3.30. The number of nitrogens with two attached hydrogens (primary N) is 1. The largest absolute Gasteiger partial charge is 0.416 e. The van der Waals surface area contributed by atoms with Crippen molar-refractivity contribution < 1.29 is 26.4 Å². The molecule has 6 nitrogen and oxygen atoms in total. The first kappa shape index (κ1) is 25.0. The fourth-order valence-corrected chi connectivity index (χ4v) is 6.73. The minimum atomic E-state index is -4.62. The normalized spacial score (nSPS) is 25.2. The van der Waals surface area contributed by atoms with Crippen LogP contribution in [-0.2, 0) is 21.0 Å². The van der Waals surface area contributed by atoms with Crippen molar-refractivity contribution in [1.29, 1.82) is 0 Å². The SMILES string of the molecule is CCC[C@H](N)C(=O)N(C(C)C)[C@@H]1CC[C@H]2CN(S(=O)(=O)c3cccc(C(F)(F)F)c3)C[C@H]21. The summed E-state index contributed by atoms with van der Waals surface area (Å²) in [6, 6.07) is 3.06. The zero-order valence-electron chi connectivity index (χ0n) is 18.7. The molecule has 1 amide bonds. The third-order valence-electron chi connectivity index (χ3n) is 6.67.